The number of benzene rings is 2. The van der Waals surface area contributed by atoms with Gasteiger partial charge in [0.1, 0.15) is 11.5 Å². The van der Waals surface area contributed by atoms with Crippen LogP contribution in [0.5, 0.6) is 11.5 Å². The van der Waals surface area contributed by atoms with E-state index in [1.807, 2.05) is 25.1 Å². The topological polar surface area (TPSA) is 33.7 Å². The van der Waals surface area contributed by atoms with Gasteiger partial charge in [0.25, 0.3) is 0 Å². The van der Waals surface area contributed by atoms with Gasteiger partial charge in [0.05, 0.1) is 13.2 Å². The summed E-state index contributed by atoms with van der Waals surface area (Å²) in [7, 11) is 1.63. The van der Waals surface area contributed by atoms with E-state index < -0.39 is 6.36 Å². The standard InChI is InChI=1S/C20H23F3N2O2/c1-14-13-17(26-2)7-8-18(14)19(25-11-9-24-10-12-25)15-3-5-16(6-4-15)27-20(21,22)23/h3-8,13,19,24H,9-12H2,1-2H3/t19-/m0/s1. The van der Waals surface area contributed by atoms with Crippen LogP contribution >= 0.6 is 0 Å². The third kappa shape index (κ3) is 4.93. The monoisotopic (exact) mass is 380 g/mol. The highest BCUT2D eigenvalue weighted by molar-refractivity contribution is 5.42. The third-order valence-electron chi connectivity index (χ3n) is 4.72. The van der Waals surface area contributed by atoms with Gasteiger partial charge in [-0.2, -0.15) is 0 Å². The van der Waals surface area contributed by atoms with E-state index in [2.05, 4.69) is 15.0 Å². The first-order chi connectivity index (χ1) is 12.9. The molecule has 0 amide bonds. The molecule has 1 aliphatic heterocycles. The molecule has 1 N–H and O–H groups in total. The predicted molar refractivity (Wildman–Crippen MR) is 97.1 cm³/mol. The Labute approximate surface area is 156 Å². The van der Waals surface area contributed by atoms with E-state index in [4.69, 9.17) is 4.74 Å². The van der Waals surface area contributed by atoms with Crippen LogP contribution in [0, 0.1) is 6.92 Å². The van der Waals surface area contributed by atoms with Crippen molar-refractivity contribution in [3.63, 3.8) is 0 Å². The van der Waals surface area contributed by atoms with Gasteiger partial charge in [0, 0.05) is 26.2 Å². The number of halogens is 3. The van der Waals surface area contributed by atoms with Crippen molar-refractivity contribution >= 4 is 0 Å². The number of rotatable bonds is 5. The maximum atomic E-state index is 12.4. The number of alkyl halides is 3. The van der Waals surface area contributed by atoms with Gasteiger partial charge in [-0.1, -0.05) is 18.2 Å². The van der Waals surface area contributed by atoms with Gasteiger partial charge in [0.15, 0.2) is 0 Å². The fraction of sp³-hybridized carbons (Fsp3) is 0.400. The van der Waals surface area contributed by atoms with E-state index in [0.717, 1.165) is 48.6 Å². The summed E-state index contributed by atoms with van der Waals surface area (Å²) in [4.78, 5) is 2.34. The molecule has 1 fully saturated rings. The molecule has 0 unspecified atom stereocenters. The van der Waals surface area contributed by atoms with Gasteiger partial charge < -0.3 is 14.8 Å². The predicted octanol–water partition coefficient (Wildman–Crippen LogP) is 3.90. The summed E-state index contributed by atoms with van der Waals surface area (Å²) in [6, 6.07) is 12.0. The van der Waals surface area contributed by atoms with E-state index in [1.165, 1.54) is 12.1 Å². The van der Waals surface area contributed by atoms with Gasteiger partial charge in [-0.3, -0.25) is 4.90 Å². The zero-order valence-electron chi connectivity index (χ0n) is 15.3. The SMILES string of the molecule is COc1ccc([C@H](c2ccc(OC(F)(F)F)cc2)N2CCNCC2)c(C)c1. The lowest BCUT2D eigenvalue weighted by atomic mass is 9.93. The quantitative estimate of drug-likeness (QED) is 0.853. The number of ether oxygens (including phenoxy) is 2. The van der Waals surface area contributed by atoms with Crippen LogP contribution in [0.1, 0.15) is 22.7 Å². The minimum Gasteiger partial charge on any atom is -0.497 e. The first-order valence-corrected chi connectivity index (χ1v) is 8.82. The molecule has 0 spiro atoms. The molecular formula is C20H23F3N2O2. The number of nitrogens with zero attached hydrogens (tertiary/aromatic N) is 1. The van der Waals surface area contributed by atoms with Crippen molar-refractivity contribution in [3.05, 3.63) is 59.2 Å². The van der Waals surface area contributed by atoms with Crippen LogP contribution in [0.15, 0.2) is 42.5 Å². The average molecular weight is 380 g/mol. The van der Waals surface area contributed by atoms with Crippen molar-refractivity contribution in [1.29, 1.82) is 0 Å². The Hall–Kier alpha value is -2.25. The Kier molecular flexibility index (Phi) is 5.92. The summed E-state index contributed by atoms with van der Waals surface area (Å²) in [6.45, 7) is 5.49. The minimum absolute atomic E-state index is 0.0436. The Bertz CT molecular complexity index is 757. The van der Waals surface area contributed by atoms with Crippen LogP contribution in [0.25, 0.3) is 0 Å². The van der Waals surface area contributed by atoms with Gasteiger partial charge in [-0.05, 0) is 47.9 Å². The fourth-order valence-corrected chi connectivity index (χ4v) is 3.46. The summed E-state index contributed by atoms with van der Waals surface area (Å²) in [5.74, 6) is 0.570. The largest absolute Gasteiger partial charge is 0.573 e. The number of methoxy groups -OCH3 is 1. The molecule has 1 saturated heterocycles. The lowest BCUT2D eigenvalue weighted by Crippen LogP contribution is -2.45. The van der Waals surface area contributed by atoms with Crippen molar-refractivity contribution in [2.45, 2.75) is 19.3 Å². The van der Waals surface area contributed by atoms with E-state index in [0.29, 0.717) is 0 Å². The number of hydrogen-bond donors (Lipinski definition) is 1. The molecule has 7 heteroatoms. The maximum Gasteiger partial charge on any atom is 0.573 e. The average Bonchev–Trinajstić information content (AvgIpc) is 2.64. The van der Waals surface area contributed by atoms with E-state index in [9.17, 15) is 13.2 Å². The van der Waals surface area contributed by atoms with Crippen molar-refractivity contribution < 1.29 is 22.6 Å². The second-order valence-electron chi connectivity index (χ2n) is 6.53. The van der Waals surface area contributed by atoms with Gasteiger partial charge >= 0.3 is 6.36 Å². The molecule has 27 heavy (non-hydrogen) atoms. The highest BCUT2D eigenvalue weighted by Crippen LogP contribution is 2.34. The van der Waals surface area contributed by atoms with Crippen LogP contribution in [0.2, 0.25) is 0 Å². The summed E-state index contributed by atoms with van der Waals surface area (Å²) in [5, 5.41) is 3.33. The van der Waals surface area contributed by atoms with E-state index >= 15 is 0 Å². The Morgan fingerprint density at radius 3 is 2.19 bits per heavy atom. The molecule has 146 valence electrons. The van der Waals surface area contributed by atoms with Crippen molar-refractivity contribution in [3.8, 4) is 11.5 Å². The van der Waals surface area contributed by atoms with Crippen molar-refractivity contribution in [2.75, 3.05) is 33.3 Å². The summed E-state index contributed by atoms with van der Waals surface area (Å²) < 4.78 is 46.6. The van der Waals surface area contributed by atoms with Crippen LogP contribution in [-0.2, 0) is 0 Å². The second-order valence-corrected chi connectivity index (χ2v) is 6.53. The van der Waals surface area contributed by atoms with Crippen LogP contribution in [-0.4, -0.2) is 44.6 Å². The molecule has 4 nitrogen and oxygen atoms in total. The summed E-state index contributed by atoms with van der Waals surface area (Å²) in [6.07, 6.45) is -4.69. The molecule has 1 aliphatic rings. The molecule has 0 aromatic heterocycles. The summed E-state index contributed by atoms with van der Waals surface area (Å²) in [5.41, 5.74) is 3.12. The zero-order chi connectivity index (χ0) is 19.4. The minimum atomic E-state index is -4.69. The normalized spacial score (nSPS) is 16.8. The highest BCUT2D eigenvalue weighted by Gasteiger charge is 2.31. The molecule has 1 atom stereocenters. The van der Waals surface area contributed by atoms with Gasteiger partial charge in [0.2, 0.25) is 0 Å². The first-order valence-electron chi connectivity index (χ1n) is 8.82. The van der Waals surface area contributed by atoms with Crippen molar-refractivity contribution in [1.82, 2.24) is 10.2 Å². The highest BCUT2D eigenvalue weighted by atomic mass is 19.4. The molecular weight excluding hydrogens is 357 g/mol. The molecule has 0 bridgehead atoms. The molecule has 1 heterocycles. The number of piperazine rings is 1. The molecule has 0 aliphatic carbocycles. The molecule has 2 aromatic carbocycles. The maximum absolute atomic E-state index is 12.4. The van der Waals surface area contributed by atoms with E-state index in [1.54, 1.807) is 19.2 Å². The zero-order valence-corrected chi connectivity index (χ0v) is 15.3. The molecule has 3 rings (SSSR count). The number of aryl methyl sites for hydroxylation is 1. The van der Waals surface area contributed by atoms with Crippen molar-refractivity contribution in [2.24, 2.45) is 0 Å². The molecule has 0 saturated carbocycles. The fourth-order valence-electron chi connectivity index (χ4n) is 3.46. The Balaban J connectivity index is 1.95. The Morgan fingerprint density at radius 1 is 1.00 bits per heavy atom. The van der Waals surface area contributed by atoms with Crippen LogP contribution < -0.4 is 14.8 Å². The number of hydrogen-bond acceptors (Lipinski definition) is 4. The first kappa shape index (κ1) is 19.5. The Morgan fingerprint density at radius 2 is 1.63 bits per heavy atom. The second kappa shape index (κ2) is 8.19. The van der Waals surface area contributed by atoms with Crippen LogP contribution in [0.3, 0.4) is 0 Å². The summed E-state index contributed by atoms with van der Waals surface area (Å²) >= 11 is 0. The smallest absolute Gasteiger partial charge is 0.497 e. The van der Waals surface area contributed by atoms with Gasteiger partial charge in [-0.15, -0.1) is 13.2 Å². The van der Waals surface area contributed by atoms with Gasteiger partial charge in [-0.25, -0.2) is 0 Å². The lowest BCUT2D eigenvalue weighted by Gasteiger charge is -2.36. The lowest BCUT2D eigenvalue weighted by molar-refractivity contribution is -0.274. The van der Waals surface area contributed by atoms with Crippen LogP contribution in [0.4, 0.5) is 13.2 Å². The number of nitrogens with one attached hydrogen (secondary N) is 1. The molecule has 0 radical (unpaired) electrons. The molecule has 2 aromatic rings. The third-order valence-corrected chi connectivity index (χ3v) is 4.72. The van der Waals surface area contributed by atoms with E-state index in [-0.39, 0.29) is 11.8 Å².